The van der Waals surface area contributed by atoms with E-state index in [1.54, 1.807) is 4.90 Å². The van der Waals surface area contributed by atoms with Gasteiger partial charge in [-0.3, -0.25) is 9.59 Å². The van der Waals surface area contributed by atoms with Crippen LogP contribution in [0.15, 0.2) is 48.5 Å². The predicted octanol–water partition coefficient (Wildman–Crippen LogP) is 2.70. The van der Waals surface area contributed by atoms with Crippen molar-refractivity contribution in [3.05, 3.63) is 59.7 Å². The minimum Gasteiger partial charge on any atom is -0.367 e. The molecule has 0 saturated carbocycles. The Morgan fingerprint density at radius 2 is 1.89 bits per heavy atom. The highest BCUT2D eigenvalue weighted by Crippen LogP contribution is 2.26. The molecular weight excluding hydrogens is 340 g/mol. The van der Waals surface area contributed by atoms with Crippen LogP contribution < -0.4 is 5.73 Å². The normalized spacial score (nSPS) is 19.7. The first-order valence-corrected chi connectivity index (χ1v) is 9.31. The number of primary amides is 1. The maximum absolute atomic E-state index is 12.2. The second-order valence-corrected chi connectivity index (χ2v) is 7.12. The molecule has 0 bridgehead atoms. The third-order valence-electron chi connectivity index (χ3n) is 5.09. The Morgan fingerprint density at radius 3 is 2.52 bits per heavy atom. The third kappa shape index (κ3) is 4.19. The van der Waals surface area contributed by atoms with Gasteiger partial charge in [-0.15, -0.1) is 0 Å². The summed E-state index contributed by atoms with van der Waals surface area (Å²) in [6.07, 6.45) is 0.754. The van der Waals surface area contributed by atoms with Crippen LogP contribution in [0.5, 0.6) is 0 Å². The number of ether oxygens (including phenoxy) is 1. The molecule has 1 saturated heterocycles. The van der Waals surface area contributed by atoms with Crippen molar-refractivity contribution in [1.82, 2.24) is 4.90 Å². The van der Waals surface area contributed by atoms with Gasteiger partial charge in [0.25, 0.3) is 5.91 Å². The molecule has 5 nitrogen and oxygen atoms in total. The lowest BCUT2D eigenvalue weighted by atomic mass is 9.90. The topological polar surface area (TPSA) is 72.6 Å². The van der Waals surface area contributed by atoms with Gasteiger partial charge in [0.15, 0.2) is 5.60 Å². The zero-order chi connectivity index (χ0) is 19.4. The van der Waals surface area contributed by atoms with Crippen molar-refractivity contribution in [1.29, 1.82) is 0 Å². The summed E-state index contributed by atoms with van der Waals surface area (Å²) in [6, 6.07) is 16.4. The van der Waals surface area contributed by atoms with Crippen LogP contribution in [0, 0.1) is 6.92 Å². The summed E-state index contributed by atoms with van der Waals surface area (Å²) in [5, 5.41) is 0. The molecule has 1 atom stereocenters. The molecule has 0 spiro atoms. The molecule has 0 aromatic heterocycles. The lowest BCUT2D eigenvalue weighted by Gasteiger charge is -2.40. The quantitative estimate of drug-likeness (QED) is 0.884. The van der Waals surface area contributed by atoms with E-state index in [4.69, 9.17) is 10.5 Å². The molecule has 1 heterocycles. The van der Waals surface area contributed by atoms with Gasteiger partial charge in [-0.1, -0.05) is 61.0 Å². The van der Waals surface area contributed by atoms with Crippen LogP contribution in [-0.2, 0) is 20.7 Å². The molecule has 5 heteroatoms. The number of aryl methyl sites for hydroxylation is 1. The average Bonchev–Trinajstić information content (AvgIpc) is 2.68. The summed E-state index contributed by atoms with van der Waals surface area (Å²) in [4.78, 5) is 26.0. The fourth-order valence-corrected chi connectivity index (χ4v) is 3.53. The number of nitrogens with two attached hydrogens (primary N) is 1. The Kier molecular flexibility index (Phi) is 5.61. The van der Waals surface area contributed by atoms with E-state index in [-0.39, 0.29) is 12.5 Å². The highest BCUT2D eigenvalue weighted by atomic mass is 16.5. The molecule has 2 aromatic carbocycles. The molecular formula is C22H26N2O3. The van der Waals surface area contributed by atoms with E-state index >= 15 is 0 Å². The molecule has 1 aliphatic heterocycles. The van der Waals surface area contributed by atoms with E-state index in [1.807, 2.05) is 37.3 Å². The van der Waals surface area contributed by atoms with Crippen molar-refractivity contribution in [2.45, 2.75) is 32.3 Å². The second kappa shape index (κ2) is 7.92. The molecule has 27 heavy (non-hydrogen) atoms. The Morgan fingerprint density at radius 1 is 1.15 bits per heavy atom. The van der Waals surface area contributed by atoms with Gasteiger partial charge in [-0.05, 0) is 23.6 Å². The number of hydrogen-bond donors (Lipinski definition) is 1. The number of morpholine rings is 1. The van der Waals surface area contributed by atoms with Gasteiger partial charge < -0.3 is 15.4 Å². The van der Waals surface area contributed by atoms with Gasteiger partial charge in [0, 0.05) is 19.4 Å². The van der Waals surface area contributed by atoms with Crippen molar-refractivity contribution >= 4 is 11.8 Å². The van der Waals surface area contributed by atoms with E-state index in [2.05, 4.69) is 25.1 Å². The van der Waals surface area contributed by atoms with E-state index in [1.165, 1.54) is 5.56 Å². The molecule has 0 radical (unpaired) electrons. The fourth-order valence-electron chi connectivity index (χ4n) is 3.53. The summed E-state index contributed by atoms with van der Waals surface area (Å²) >= 11 is 0. The SMILES string of the molecule is CCC(=O)N1CCO[C@](Cc2ccc(-c3cccc(C)c3)cc2)(C(N)=O)C1. The van der Waals surface area contributed by atoms with Crippen molar-refractivity contribution in [3.8, 4) is 11.1 Å². The Labute approximate surface area is 160 Å². The molecule has 3 rings (SSSR count). The van der Waals surface area contributed by atoms with Gasteiger partial charge in [0.1, 0.15) is 0 Å². The third-order valence-corrected chi connectivity index (χ3v) is 5.09. The number of carbonyl (C=O) groups is 2. The van der Waals surface area contributed by atoms with Crippen LogP contribution >= 0.6 is 0 Å². The van der Waals surface area contributed by atoms with Gasteiger partial charge in [-0.25, -0.2) is 0 Å². The molecule has 0 unspecified atom stereocenters. The highest BCUT2D eigenvalue weighted by Gasteiger charge is 2.43. The number of rotatable bonds is 5. The van der Waals surface area contributed by atoms with Crippen LogP contribution in [0.25, 0.3) is 11.1 Å². The smallest absolute Gasteiger partial charge is 0.251 e. The molecule has 0 aliphatic carbocycles. The Balaban J connectivity index is 1.81. The summed E-state index contributed by atoms with van der Waals surface area (Å²) < 4.78 is 5.82. The van der Waals surface area contributed by atoms with Gasteiger partial charge >= 0.3 is 0 Å². The molecule has 1 aliphatic rings. The zero-order valence-electron chi connectivity index (χ0n) is 15.9. The summed E-state index contributed by atoms with van der Waals surface area (Å²) in [5.74, 6) is -0.516. The number of carbonyl (C=O) groups excluding carboxylic acids is 2. The number of nitrogens with zero attached hydrogens (tertiary/aromatic N) is 1. The van der Waals surface area contributed by atoms with Gasteiger partial charge in [0.05, 0.1) is 13.2 Å². The highest BCUT2D eigenvalue weighted by molar-refractivity contribution is 5.86. The van der Waals surface area contributed by atoms with E-state index in [9.17, 15) is 9.59 Å². The van der Waals surface area contributed by atoms with Gasteiger partial charge in [-0.2, -0.15) is 0 Å². The van der Waals surface area contributed by atoms with Crippen LogP contribution in [0.2, 0.25) is 0 Å². The summed E-state index contributed by atoms with van der Waals surface area (Å²) in [6.45, 7) is 4.89. The summed E-state index contributed by atoms with van der Waals surface area (Å²) in [5.41, 5.74) is 8.95. The van der Waals surface area contributed by atoms with E-state index < -0.39 is 11.5 Å². The second-order valence-electron chi connectivity index (χ2n) is 7.12. The van der Waals surface area contributed by atoms with Crippen molar-refractivity contribution < 1.29 is 14.3 Å². The predicted molar refractivity (Wildman–Crippen MR) is 105 cm³/mol. The molecule has 1 fully saturated rings. The van der Waals surface area contributed by atoms with Crippen LogP contribution in [-0.4, -0.2) is 42.0 Å². The number of amides is 2. The number of hydrogen-bond acceptors (Lipinski definition) is 3. The standard InChI is InChI=1S/C22H26N2O3/c1-3-20(25)24-11-12-27-22(15-24,21(23)26)14-17-7-9-18(10-8-17)19-6-4-5-16(2)13-19/h4-10,13H,3,11-12,14-15H2,1-2H3,(H2,23,26)/t22-/m0/s1. The van der Waals surface area contributed by atoms with E-state index in [0.29, 0.717) is 26.0 Å². The monoisotopic (exact) mass is 366 g/mol. The van der Waals surface area contributed by atoms with Crippen LogP contribution in [0.1, 0.15) is 24.5 Å². The first-order valence-electron chi connectivity index (χ1n) is 9.31. The van der Waals surface area contributed by atoms with Crippen molar-refractivity contribution in [2.75, 3.05) is 19.7 Å². The van der Waals surface area contributed by atoms with Crippen LogP contribution in [0.3, 0.4) is 0 Å². The van der Waals surface area contributed by atoms with E-state index in [0.717, 1.165) is 16.7 Å². The lowest BCUT2D eigenvalue weighted by molar-refractivity contribution is -0.163. The molecule has 2 aromatic rings. The maximum atomic E-state index is 12.2. The van der Waals surface area contributed by atoms with Crippen molar-refractivity contribution in [2.24, 2.45) is 5.73 Å². The molecule has 142 valence electrons. The zero-order valence-corrected chi connectivity index (χ0v) is 15.9. The molecule has 2 N–H and O–H groups in total. The van der Waals surface area contributed by atoms with Crippen LogP contribution in [0.4, 0.5) is 0 Å². The van der Waals surface area contributed by atoms with Crippen molar-refractivity contribution in [3.63, 3.8) is 0 Å². The first-order chi connectivity index (χ1) is 12.9. The average molecular weight is 366 g/mol. The molecule has 2 amide bonds. The summed E-state index contributed by atoms with van der Waals surface area (Å²) in [7, 11) is 0. The minimum absolute atomic E-state index is 0.0127. The first kappa shape index (κ1) is 19.1. The van der Waals surface area contributed by atoms with Gasteiger partial charge in [0.2, 0.25) is 5.91 Å². The lowest BCUT2D eigenvalue weighted by Crippen LogP contribution is -2.61. The largest absolute Gasteiger partial charge is 0.367 e. The fraction of sp³-hybridized carbons (Fsp3) is 0.364. The number of benzene rings is 2. The Hall–Kier alpha value is -2.66. The minimum atomic E-state index is -1.17. The maximum Gasteiger partial charge on any atom is 0.251 e. The Bertz CT molecular complexity index is 832.